The van der Waals surface area contributed by atoms with E-state index in [-0.39, 0.29) is 22.8 Å². The van der Waals surface area contributed by atoms with Crippen molar-refractivity contribution >= 4 is 23.5 Å². The number of hydrogen-bond acceptors (Lipinski definition) is 4. The van der Waals surface area contributed by atoms with Gasteiger partial charge in [0.15, 0.2) is 0 Å². The largest absolute Gasteiger partial charge is 0.573 e. The van der Waals surface area contributed by atoms with Gasteiger partial charge in [-0.25, -0.2) is 10.3 Å². The number of carbonyl (C=O) groups is 1. The topological polar surface area (TPSA) is 65.3 Å². The highest BCUT2D eigenvalue weighted by molar-refractivity contribution is 6.05. The number of hydrogen-bond donors (Lipinski definition) is 1. The van der Waals surface area contributed by atoms with E-state index in [0.717, 1.165) is 5.56 Å². The zero-order chi connectivity index (χ0) is 20.4. The van der Waals surface area contributed by atoms with Crippen LogP contribution in [0.5, 0.6) is 5.75 Å². The zero-order valence-electron chi connectivity index (χ0n) is 14.8. The number of carbonyl (C=O) groups excluding carboxylic acids is 1. The third-order valence-electron chi connectivity index (χ3n) is 4.11. The summed E-state index contributed by atoms with van der Waals surface area (Å²) in [5, 5.41) is 6.69. The molecular weight excluding hydrogens is 383 g/mol. The van der Waals surface area contributed by atoms with Gasteiger partial charge in [0.1, 0.15) is 11.6 Å². The molecule has 0 spiro atoms. The molecular formula is C21H13F3N3O2. The van der Waals surface area contributed by atoms with Gasteiger partial charge in [-0.3, -0.25) is 4.79 Å². The molecule has 2 aromatic carbocycles. The molecule has 1 radical (unpaired) electrons. The molecule has 4 rings (SSSR count). The standard InChI is InChI=1S/C21H13F3N3O2/c22-21(23,24)29-16-8-4-7-15(12-16)26-19-18-14(9-10-25-20(18)28)11-17(27-19)13-5-2-1-3-6-13/h1-12H,(H,26,27). The van der Waals surface area contributed by atoms with Crippen LogP contribution in [0.4, 0.5) is 24.7 Å². The first kappa shape index (κ1) is 18.5. The van der Waals surface area contributed by atoms with Crippen LogP contribution in [0.2, 0.25) is 0 Å². The molecule has 0 unspecified atom stereocenters. The average molecular weight is 396 g/mol. The van der Waals surface area contributed by atoms with E-state index in [2.05, 4.69) is 20.4 Å². The fourth-order valence-electron chi connectivity index (χ4n) is 2.93. The van der Waals surface area contributed by atoms with Gasteiger partial charge in [0.05, 0.1) is 11.3 Å². The Morgan fingerprint density at radius 3 is 2.52 bits per heavy atom. The van der Waals surface area contributed by atoms with Crippen molar-refractivity contribution in [2.45, 2.75) is 6.36 Å². The van der Waals surface area contributed by atoms with Crippen LogP contribution in [0.1, 0.15) is 15.9 Å². The van der Waals surface area contributed by atoms with Crippen LogP contribution in [-0.4, -0.2) is 17.3 Å². The lowest BCUT2D eigenvalue weighted by molar-refractivity contribution is -0.274. The summed E-state index contributed by atoms with van der Waals surface area (Å²) in [6.45, 7) is 0. The van der Waals surface area contributed by atoms with Crippen LogP contribution < -0.4 is 15.4 Å². The van der Waals surface area contributed by atoms with Gasteiger partial charge in [-0.2, -0.15) is 0 Å². The van der Waals surface area contributed by atoms with E-state index < -0.39 is 12.3 Å². The van der Waals surface area contributed by atoms with Crippen molar-refractivity contribution in [3.63, 3.8) is 0 Å². The molecule has 1 aliphatic rings. The highest BCUT2D eigenvalue weighted by Crippen LogP contribution is 2.32. The summed E-state index contributed by atoms with van der Waals surface area (Å²) in [5.41, 5.74) is 2.58. The first-order valence-corrected chi connectivity index (χ1v) is 8.54. The molecule has 145 valence electrons. The maximum Gasteiger partial charge on any atom is 0.573 e. The Labute approximate surface area is 163 Å². The molecule has 1 aromatic heterocycles. The third kappa shape index (κ3) is 4.21. The summed E-state index contributed by atoms with van der Waals surface area (Å²) >= 11 is 0. The van der Waals surface area contributed by atoms with Crippen LogP contribution >= 0.6 is 0 Å². The van der Waals surface area contributed by atoms with Crippen LogP contribution in [0.3, 0.4) is 0 Å². The number of pyridine rings is 1. The molecule has 0 bridgehead atoms. The van der Waals surface area contributed by atoms with Crippen LogP contribution in [0.15, 0.2) is 66.9 Å². The monoisotopic (exact) mass is 396 g/mol. The quantitative estimate of drug-likeness (QED) is 0.665. The summed E-state index contributed by atoms with van der Waals surface area (Å²) in [5.74, 6) is -0.671. The minimum atomic E-state index is -4.80. The van der Waals surface area contributed by atoms with Crippen molar-refractivity contribution in [3.8, 4) is 17.0 Å². The second-order valence-electron chi connectivity index (χ2n) is 6.14. The molecule has 0 saturated heterocycles. The normalized spacial score (nSPS) is 12.9. The predicted molar refractivity (Wildman–Crippen MR) is 102 cm³/mol. The van der Waals surface area contributed by atoms with E-state index in [0.29, 0.717) is 11.3 Å². The Kier molecular flexibility index (Phi) is 4.67. The Balaban J connectivity index is 1.76. The lowest BCUT2D eigenvalue weighted by Gasteiger charge is -2.17. The van der Waals surface area contributed by atoms with Gasteiger partial charge in [-0.15, -0.1) is 13.2 Å². The first-order chi connectivity index (χ1) is 13.9. The van der Waals surface area contributed by atoms with Crippen molar-refractivity contribution in [1.82, 2.24) is 10.3 Å². The first-order valence-electron chi connectivity index (χ1n) is 8.54. The van der Waals surface area contributed by atoms with Crippen LogP contribution in [0, 0.1) is 0 Å². The van der Waals surface area contributed by atoms with Crippen molar-refractivity contribution in [3.05, 3.63) is 78.0 Å². The van der Waals surface area contributed by atoms with Crippen molar-refractivity contribution in [2.24, 2.45) is 0 Å². The highest BCUT2D eigenvalue weighted by atomic mass is 19.4. The van der Waals surface area contributed by atoms with Gasteiger partial charge in [-0.05, 0) is 29.8 Å². The van der Waals surface area contributed by atoms with Crippen LogP contribution in [-0.2, 0) is 0 Å². The summed E-state index contributed by atoms with van der Waals surface area (Å²) < 4.78 is 41.4. The molecule has 29 heavy (non-hydrogen) atoms. The number of alkyl halides is 3. The van der Waals surface area contributed by atoms with E-state index in [1.807, 2.05) is 30.3 Å². The fraction of sp³-hybridized carbons (Fsp3) is 0.0476. The van der Waals surface area contributed by atoms with Gasteiger partial charge in [0, 0.05) is 23.5 Å². The number of rotatable bonds is 4. The fourth-order valence-corrected chi connectivity index (χ4v) is 2.93. The number of anilines is 2. The summed E-state index contributed by atoms with van der Waals surface area (Å²) in [4.78, 5) is 16.8. The number of aromatic nitrogens is 1. The number of nitrogens with zero attached hydrogens (tertiary/aromatic N) is 2. The van der Waals surface area contributed by atoms with E-state index >= 15 is 0 Å². The van der Waals surface area contributed by atoms with E-state index in [9.17, 15) is 18.0 Å². The van der Waals surface area contributed by atoms with Gasteiger partial charge < -0.3 is 10.1 Å². The molecule has 1 N–H and O–H groups in total. The van der Waals surface area contributed by atoms with E-state index in [4.69, 9.17) is 0 Å². The second kappa shape index (κ2) is 7.31. The lowest BCUT2D eigenvalue weighted by Crippen LogP contribution is -2.18. The summed E-state index contributed by atoms with van der Waals surface area (Å²) in [6, 6.07) is 16.4. The zero-order valence-corrected chi connectivity index (χ0v) is 14.8. The molecule has 0 fully saturated rings. The smallest absolute Gasteiger partial charge is 0.406 e. The maximum absolute atomic E-state index is 12.5. The van der Waals surface area contributed by atoms with Gasteiger partial charge in [0.2, 0.25) is 0 Å². The molecule has 1 aliphatic heterocycles. The Morgan fingerprint density at radius 1 is 0.966 bits per heavy atom. The molecule has 0 atom stereocenters. The SMILES string of the molecule is O=C1[N]C=Cc2cc(-c3ccccc3)nc(Nc3cccc(OC(F)(F)F)c3)c21. The number of benzene rings is 2. The summed E-state index contributed by atoms with van der Waals surface area (Å²) in [6.07, 6.45) is -1.72. The van der Waals surface area contributed by atoms with Crippen LogP contribution in [0.25, 0.3) is 17.3 Å². The van der Waals surface area contributed by atoms with Crippen molar-refractivity contribution in [2.75, 3.05) is 5.32 Å². The molecule has 1 amide bonds. The minimum absolute atomic E-state index is 0.198. The molecule has 8 heteroatoms. The van der Waals surface area contributed by atoms with Gasteiger partial charge in [0.25, 0.3) is 5.91 Å². The Hall–Kier alpha value is -3.81. The number of amides is 1. The molecule has 2 heterocycles. The molecule has 0 aliphatic carbocycles. The van der Waals surface area contributed by atoms with Gasteiger partial charge in [-0.1, -0.05) is 36.4 Å². The molecule has 3 aromatic rings. The number of ether oxygens (including phenoxy) is 1. The summed E-state index contributed by atoms with van der Waals surface area (Å²) in [7, 11) is 0. The van der Waals surface area contributed by atoms with Crippen molar-refractivity contribution in [1.29, 1.82) is 0 Å². The van der Waals surface area contributed by atoms with E-state index in [1.54, 1.807) is 18.2 Å². The number of halogens is 3. The van der Waals surface area contributed by atoms with Crippen molar-refractivity contribution < 1.29 is 22.7 Å². The van der Waals surface area contributed by atoms with Gasteiger partial charge >= 0.3 is 6.36 Å². The van der Waals surface area contributed by atoms with E-state index in [1.165, 1.54) is 24.4 Å². The third-order valence-corrected chi connectivity index (χ3v) is 4.11. The molecule has 0 saturated carbocycles. The predicted octanol–water partition coefficient (Wildman–Crippen LogP) is 5.12. The number of nitrogens with one attached hydrogen (secondary N) is 1. The maximum atomic E-state index is 12.5. The highest BCUT2D eigenvalue weighted by Gasteiger charge is 2.31. The Morgan fingerprint density at radius 2 is 1.76 bits per heavy atom. The molecule has 5 nitrogen and oxygen atoms in total. The Bertz CT molecular complexity index is 1100. The number of fused-ring (bicyclic) bond motifs is 1. The minimum Gasteiger partial charge on any atom is -0.406 e. The second-order valence-corrected chi connectivity index (χ2v) is 6.14. The lowest BCUT2D eigenvalue weighted by atomic mass is 10.0. The average Bonchev–Trinajstić information content (AvgIpc) is 2.67.